The molecule has 7 nitrogen and oxygen atoms in total. The first-order valence-corrected chi connectivity index (χ1v) is 7.46. The van der Waals surface area contributed by atoms with Crippen molar-refractivity contribution in [2.45, 2.75) is 24.9 Å². The van der Waals surface area contributed by atoms with Crippen LogP contribution in [0, 0.1) is 6.92 Å². The van der Waals surface area contributed by atoms with Gasteiger partial charge in [0, 0.05) is 16.3 Å². The maximum absolute atomic E-state index is 12.1. The van der Waals surface area contributed by atoms with Crippen molar-refractivity contribution in [1.82, 2.24) is 19.9 Å². The Hall–Kier alpha value is -1.29. The molecule has 2 heterocycles. The van der Waals surface area contributed by atoms with E-state index in [4.69, 9.17) is 5.73 Å². The van der Waals surface area contributed by atoms with Crippen LogP contribution in [0.4, 0.5) is 0 Å². The molecule has 0 amide bonds. The highest BCUT2D eigenvalue weighted by atomic mass is 32.2. The Morgan fingerprint density at radius 1 is 1.56 bits per heavy atom. The number of thiophene rings is 1. The fourth-order valence-electron chi connectivity index (χ4n) is 1.45. The second-order valence-corrected chi connectivity index (χ2v) is 6.67. The molecular formula is C9H13N5O2S2. The van der Waals surface area contributed by atoms with Crippen LogP contribution in [0.5, 0.6) is 0 Å². The largest absolute Gasteiger partial charge is 0.326 e. The molecule has 2 rings (SSSR count). The zero-order chi connectivity index (χ0) is 13.2. The molecule has 18 heavy (non-hydrogen) atoms. The maximum Gasteiger partial charge on any atom is 0.242 e. The van der Waals surface area contributed by atoms with Gasteiger partial charge in [-0.05, 0) is 13.0 Å². The minimum atomic E-state index is -3.54. The topological polar surface area (TPSA) is 114 Å². The first-order valence-electron chi connectivity index (χ1n) is 5.16. The molecular weight excluding hydrogens is 274 g/mol. The van der Waals surface area contributed by atoms with Crippen molar-refractivity contribution in [2.75, 3.05) is 0 Å². The van der Waals surface area contributed by atoms with E-state index in [1.165, 1.54) is 17.7 Å². The van der Waals surface area contributed by atoms with Crippen molar-refractivity contribution in [3.63, 3.8) is 0 Å². The van der Waals surface area contributed by atoms with Gasteiger partial charge >= 0.3 is 0 Å². The Bertz CT molecular complexity index is 617. The molecule has 2 aromatic heterocycles. The molecule has 98 valence electrons. The normalized spacial score (nSPS) is 11.9. The minimum Gasteiger partial charge on any atom is -0.326 e. The van der Waals surface area contributed by atoms with Gasteiger partial charge in [-0.15, -0.1) is 11.3 Å². The SMILES string of the molecule is Cc1sc(CN)cc1S(=O)(=O)NCc1ncn[nH]1. The Kier molecular flexibility index (Phi) is 3.76. The highest BCUT2D eigenvalue weighted by Gasteiger charge is 2.19. The third-order valence-corrected chi connectivity index (χ3v) is 5.04. The number of rotatable bonds is 5. The van der Waals surface area contributed by atoms with Gasteiger partial charge in [0.15, 0.2) is 0 Å². The van der Waals surface area contributed by atoms with Crippen molar-refractivity contribution in [3.05, 3.63) is 28.0 Å². The molecule has 9 heteroatoms. The van der Waals surface area contributed by atoms with E-state index in [0.717, 1.165) is 9.75 Å². The van der Waals surface area contributed by atoms with Crippen molar-refractivity contribution < 1.29 is 8.42 Å². The van der Waals surface area contributed by atoms with Crippen LogP contribution in [0.2, 0.25) is 0 Å². The van der Waals surface area contributed by atoms with Crippen LogP contribution in [-0.2, 0) is 23.1 Å². The Morgan fingerprint density at radius 3 is 2.89 bits per heavy atom. The molecule has 0 spiro atoms. The molecule has 0 saturated carbocycles. The number of H-pyrrole nitrogens is 1. The van der Waals surface area contributed by atoms with Crippen molar-refractivity contribution in [2.24, 2.45) is 5.73 Å². The summed E-state index contributed by atoms with van der Waals surface area (Å²) in [6.07, 6.45) is 1.33. The highest BCUT2D eigenvalue weighted by Crippen LogP contribution is 2.25. The smallest absolute Gasteiger partial charge is 0.242 e. The van der Waals surface area contributed by atoms with Gasteiger partial charge in [-0.3, -0.25) is 5.10 Å². The fourth-order valence-corrected chi connectivity index (χ4v) is 3.95. The quantitative estimate of drug-likeness (QED) is 0.722. The lowest BCUT2D eigenvalue weighted by Gasteiger charge is -2.03. The van der Waals surface area contributed by atoms with Gasteiger partial charge in [-0.1, -0.05) is 0 Å². The van der Waals surface area contributed by atoms with E-state index < -0.39 is 10.0 Å². The van der Waals surface area contributed by atoms with Crippen LogP contribution in [0.1, 0.15) is 15.6 Å². The monoisotopic (exact) mass is 287 g/mol. The molecule has 0 saturated heterocycles. The minimum absolute atomic E-state index is 0.0789. The third-order valence-electron chi connectivity index (χ3n) is 2.31. The van der Waals surface area contributed by atoms with E-state index >= 15 is 0 Å². The molecule has 2 aromatic rings. The molecule has 4 N–H and O–H groups in total. The van der Waals surface area contributed by atoms with E-state index in [2.05, 4.69) is 19.9 Å². The van der Waals surface area contributed by atoms with Crippen LogP contribution in [0.25, 0.3) is 0 Å². The van der Waals surface area contributed by atoms with Gasteiger partial charge in [0.05, 0.1) is 11.4 Å². The van der Waals surface area contributed by atoms with Crippen LogP contribution in [0.3, 0.4) is 0 Å². The molecule has 0 fully saturated rings. The predicted octanol–water partition coefficient (Wildman–Crippen LogP) is 0.112. The number of aromatic nitrogens is 3. The summed E-state index contributed by atoms with van der Waals surface area (Å²) >= 11 is 1.38. The standard InChI is InChI=1S/C9H13N5O2S2/c1-6-8(2-7(3-10)17-6)18(15,16)13-4-9-11-5-12-14-9/h2,5,13H,3-4,10H2,1H3,(H,11,12,14). The van der Waals surface area contributed by atoms with E-state index in [1.807, 2.05) is 0 Å². The molecule has 0 atom stereocenters. The number of hydrogen-bond donors (Lipinski definition) is 3. The van der Waals surface area contributed by atoms with Gasteiger partial charge < -0.3 is 5.73 Å². The lowest BCUT2D eigenvalue weighted by Crippen LogP contribution is -2.24. The zero-order valence-electron chi connectivity index (χ0n) is 9.67. The summed E-state index contributed by atoms with van der Waals surface area (Å²) in [5.41, 5.74) is 5.50. The molecule has 0 aliphatic carbocycles. The van der Waals surface area contributed by atoms with Crippen LogP contribution in [-0.4, -0.2) is 23.6 Å². The van der Waals surface area contributed by atoms with Gasteiger partial charge in [0.25, 0.3) is 0 Å². The summed E-state index contributed by atoms with van der Waals surface area (Å²) in [5, 5.41) is 6.23. The average molecular weight is 287 g/mol. The summed E-state index contributed by atoms with van der Waals surface area (Å²) in [7, 11) is -3.54. The number of nitrogens with zero attached hydrogens (tertiary/aromatic N) is 2. The molecule has 0 bridgehead atoms. The molecule has 0 aromatic carbocycles. The van der Waals surface area contributed by atoms with Crippen molar-refractivity contribution >= 4 is 21.4 Å². The second-order valence-electron chi connectivity index (χ2n) is 3.59. The number of aromatic amines is 1. The summed E-state index contributed by atoms with van der Waals surface area (Å²) in [6, 6.07) is 1.60. The summed E-state index contributed by atoms with van der Waals surface area (Å²) in [4.78, 5) is 5.68. The molecule has 0 unspecified atom stereocenters. The summed E-state index contributed by atoms with van der Waals surface area (Å²) in [6.45, 7) is 2.17. The number of aryl methyl sites for hydroxylation is 1. The number of nitrogens with one attached hydrogen (secondary N) is 2. The number of sulfonamides is 1. The third kappa shape index (κ3) is 2.75. The van der Waals surface area contributed by atoms with Gasteiger partial charge in [-0.2, -0.15) is 5.10 Å². The van der Waals surface area contributed by atoms with E-state index in [-0.39, 0.29) is 11.4 Å². The Morgan fingerprint density at radius 2 is 2.33 bits per heavy atom. The van der Waals surface area contributed by atoms with Gasteiger partial charge in [-0.25, -0.2) is 18.1 Å². The second kappa shape index (κ2) is 5.14. The van der Waals surface area contributed by atoms with E-state index in [0.29, 0.717) is 12.4 Å². The average Bonchev–Trinajstić information content (AvgIpc) is 2.95. The molecule has 0 aliphatic rings. The van der Waals surface area contributed by atoms with Gasteiger partial charge in [0.2, 0.25) is 10.0 Å². The van der Waals surface area contributed by atoms with Crippen molar-refractivity contribution in [1.29, 1.82) is 0 Å². The Labute approximate surface area is 108 Å². The first kappa shape index (κ1) is 13.1. The fraction of sp³-hybridized carbons (Fsp3) is 0.333. The zero-order valence-corrected chi connectivity index (χ0v) is 11.3. The summed E-state index contributed by atoms with van der Waals surface area (Å²) in [5.74, 6) is 0.463. The molecule has 0 aliphatic heterocycles. The molecule has 0 radical (unpaired) electrons. The predicted molar refractivity (Wildman–Crippen MR) is 67.4 cm³/mol. The van der Waals surface area contributed by atoms with Gasteiger partial charge in [0.1, 0.15) is 12.2 Å². The van der Waals surface area contributed by atoms with Crippen LogP contribution < -0.4 is 10.5 Å². The van der Waals surface area contributed by atoms with Crippen molar-refractivity contribution in [3.8, 4) is 0 Å². The summed E-state index contributed by atoms with van der Waals surface area (Å²) < 4.78 is 26.6. The lowest BCUT2D eigenvalue weighted by molar-refractivity contribution is 0.579. The maximum atomic E-state index is 12.1. The number of nitrogens with two attached hydrogens (primary N) is 1. The lowest BCUT2D eigenvalue weighted by atomic mass is 10.4. The van der Waals surface area contributed by atoms with E-state index in [1.54, 1.807) is 13.0 Å². The van der Waals surface area contributed by atoms with Crippen LogP contribution in [0.15, 0.2) is 17.3 Å². The number of hydrogen-bond acceptors (Lipinski definition) is 6. The highest BCUT2D eigenvalue weighted by molar-refractivity contribution is 7.89. The Balaban J connectivity index is 2.17. The first-order chi connectivity index (χ1) is 8.53. The van der Waals surface area contributed by atoms with Crippen LogP contribution >= 0.6 is 11.3 Å². The van der Waals surface area contributed by atoms with E-state index in [9.17, 15) is 8.42 Å².